The van der Waals surface area contributed by atoms with E-state index in [4.69, 9.17) is 23.2 Å². The minimum atomic E-state index is -0.122. The number of nitrogens with one attached hydrogen (secondary N) is 1. The van der Waals surface area contributed by atoms with Gasteiger partial charge in [-0.25, -0.2) is 5.43 Å². The molecule has 2 aromatic rings. The maximum Gasteiger partial charge on any atom is 0.254 e. The van der Waals surface area contributed by atoms with Crippen molar-refractivity contribution in [3.8, 4) is 0 Å². The van der Waals surface area contributed by atoms with Crippen LogP contribution in [0.15, 0.2) is 47.6 Å². The van der Waals surface area contributed by atoms with E-state index in [1.54, 1.807) is 24.4 Å². The summed E-state index contributed by atoms with van der Waals surface area (Å²) in [5, 5.41) is 4.94. The third-order valence-corrected chi connectivity index (χ3v) is 5.44. The molecule has 1 heterocycles. The van der Waals surface area contributed by atoms with Crippen molar-refractivity contribution < 1.29 is 4.79 Å². The van der Waals surface area contributed by atoms with Gasteiger partial charge in [0.25, 0.3) is 5.91 Å². The van der Waals surface area contributed by atoms with Crippen LogP contribution in [0.25, 0.3) is 0 Å². The van der Waals surface area contributed by atoms with E-state index in [2.05, 4.69) is 51.5 Å². The predicted molar refractivity (Wildman–Crippen MR) is 115 cm³/mol. The number of hydrogen-bond donors (Lipinski definition) is 1. The summed E-state index contributed by atoms with van der Waals surface area (Å²) in [7, 11) is 0. The molecule has 1 saturated heterocycles. The Balaban J connectivity index is 1.39. The van der Waals surface area contributed by atoms with E-state index < -0.39 is 0 Å². The van der Waals surface area contributed by atoms with Gasteiger partial charge in [0.05, 0.1) is 22.8 Å². The molecular formula is C21H24Cl2N4O. The standard InChI is InChI=1S/C21H24Cl2N4O/c1-16-2-4-17(5-3-16)14-26-8-10-27(11-9-26)15-21(28)25-24-13-18-6-7-19(22)20(23)12-18/h2-7,12-13H,8-11,14-15H2,1H3,(H,25,28)/b24-13-. The Hall–Kier alpha value is -1.92. The zero-order valence-corrected chi connectivity index (χ0v) is 17.4. The molecule has 2 aromatic carbocycles. The number of halogens is 2. The second kappa shape index (κ2) is 10.0. The fourth-order valence-electron chi connectivity index (χ4n) is 3.07. The highest BCUT2D eigenvalue weighted by Gasteiger charge is 2.18. The Labute approximate surface area is 175 Å². The van der Waals surface area contributed by atoms with Crippen molar-refractivity contribution in [2.24, 2.45) is 5.10 Å². The first-order valence-corrected chi connectivity index (χ1v) is 10.0. The molecule has 0 spiro atoms. The van der Waals surface area contributed by atoms with Gasteiger partial charge in [0.1, 0.15) is 0 Å². The monoisotopic (exact) mass is 418 g/mol. The first-order chi connectivity index (χ1) is 13.5. The van der Waals surface area contributed by atoms with Gasteiger partial charge in [-0.2, -0.15) is 5.10 Å². The van der Waals surface area contributed by atoms with Crippen molar-refractivity contribution in [2.75, 3.05) is 32.7 Å². The number of hydrazone groups is 1. The fraction of sp³-hybridized carbons (Fsp3) is 0.333. The normalized spacial score (nSPS) is 15.8. The van der Waals surface area contributed by atoms with E-state index in [1.807, 2.05) is 0 Å². The molecule has 0 aromatic heterocycles. The molecule has 3 rings (SSSR count). The van der Waals surface area contributed by atoms with E-state index in [1.165, 1.54) is 11.1 Å². The summed E-state index contributed by atoms with van der Waals surface area (Å²) in [5.41, 5.74) is 5.95. The van der Waals surface area contributed by atoms with Crippen LogP contribution in [0.4, 0.5) is 0 Å². The largest absolute Gasteiger partial charge is 0.297 e. The van der Waals surface area contributed by atoms with E-state index >= 15 is 0 Å². The van der Waals surface area contributed by atoms with Gasteiger partial charge in [-0.05, 0) is 30.2 Å². The lowest BCUT2D eigenvalue weighted by molar-refractivity contribution is -0.122. The van der Waals surface area contributed by atoms with Crippen LogP contribution in [0.1, 0.15) is 16.7 Å². The van der Waals surface area contributed by atoms with Gasteiger partial charge in [0.15, 0.2) is 0 Å². The molecule has 1 fully saturated rings. The zero-order valence-electron chi connectivity index (χ0n) is 15.9. The molecule has 28 heavy (non-hydrogen) atoms. The number of carbonyl (C=O) groups is 1. The Morgan fingerprint density at radius 2 is 1.71 bits per heavy atom. The maximum atomic E-state index is 12.1. The highest BCUT2D eigenvalue weighted by molar-refractivity contribution is 6.42. The number of rotatable bonds is 6. The summed E-state index contributed by atoms with van der Waals surface area (Å²) in [6.07, 6.45) is 1.56. The van der Waals surface area contributed by atoms with Gasteiger partial charge in [-0.1, -0.05) is 59.1 Å². The smallest absolute Gasteiger partial charge is 0.254 e. The van der Waals surface area contributed by atoms with Crippen LogP contribution < -0.4 is 5.43 Å². The number of nitrogens with zero attached hydrogens (tertiary/aromatic N) is 3. The van der Waals surface area contributed by atoms with E-state index in [9.17, 15) is 4.79 Å². The summed E-state index contributed by atoms with van der Waals surface area (Å²) in [4.78, 5) is 16.7. The van der Waals surface area contributed by atoms with Gasteiger partial charge in [0.2, 0.25) is 0 Å². The summed E-state index contributed by atoms with van der Waals surface area (Å²) in [6, 6.07) is 13.8. The Bertz CT molecular complexity index is 831. The summed E-state index contributed by atoms with van der Waals surface area (Å²) < 4.78 is 0. The summed E-state index contributed by atoms with van der Waals surface area (Å²) >= 11 is 11.8. The molecule has 1 amide bonds. The van der Waals surface area contributed by atoms with Crippen molar-refractivity contribution in [1.82, 2.24) is 15.2 Å². The number of amides is 1. The third-order valence-electron chi connectivity index (χ3n) is 4.71. The third kappa shape index (κ3) is 6.31. The predicted octanol–water partition coefficient (Wildman–Crippen LogP) is 3.57. The second-order valence-electron chi connectivity index (χ2n) is 7.00. The lowest BCUT2D eigenvalue weighted by Crippen LogP contribution is -2.48. The van der Waals surface area contributed by atoms with Crippen molar-refractivity contribution >= 4 is 35.3 Å². The van der Waals surface area contributed by atoms with Crippen LogP contribution in [0.2, 0.25) is 10.0 Å². The highest BCUT2D eigenvalue weighted by Crippen LogP contribution is 2.21. The second-order valence-corrected chi connectivity index (χ2v) is 7.82. The van der Waals surface area contributed by atoms with Crippen LogP contribution in [0.5, 0.6) is 0 Å². The van der Waals surface area contributed by atoms with Crippen molar-refractivity contribution in [2.45, 2.75) is 13.5 Å². The Morgan fingerprint density at radius 3 is 2.39 bits per heavy atom. The number of carbonyl (C=O) groups excluding carboxylic acids is 1. The lowest BCUT2D eigenvalue weighted by Gasteiger charge is -2.34. The molecule has 0 radical (unpaired) electrons. The molecule has 1 aliphatic rings. The maximum absolute atomic E-state index is 12.1. The molecule has 148 valence electrons. The molecule has 0 atom stereocenters. The van der Waals surface area contributed by atoms with Crippen LogP contribution in [0.3, 0.4) is 0 Å². The average Bonchev–Trinajstić information content (AvgIpc) is 2.68. The average molecular weight is 419 g/mol. The number of benzene rings is 2. The van der Waals surface area contributed by atoms with Crippen molar-refractivity contribution in [3.05, 3.63) is 69.2 Å². The van der Waals surface area contributed by atoms with E-state index in [-0.39, 0.29) is 5.91 Å². The SMILES string of the molecule is Cc1ccc(CN2CCN(CC(=O)N/N=C\c3ccc(Cl)c(Cl)c3)CC2)cc1. The fourth-order valence-corrected chi connectivity index (χ4v) is 3.37. The van der Waals surface area contributed by atoms with E-state index in [0.29, 0.717) is 16.6 Å². The first kappa shape index (κ1) is 20.8. The van der Waals surface area contributed by atoms with Crippen LogP contribution in [0, 0.1) is 6.92 Å². The van der Waals surface area contributed by atoms with Gasteiger partial charge < -0.3 is 0 Å². The van der Waals surface area contributed by atoms with Gasteiger partial charge in [-0.3, -0.25) is 14.6 Å². The molecule has 1 aliphatic heterocycles. The molecular weight excluding hydrogens is 395 g/mol. The van der Waals surface area contributed by atoms with Gasteiger partial charge >= 0.3 is 0 Å². The molecule has 0 saturated carbocycles. The minimum Gasteiger partial charge on any atom is -0.297 e. The number of piperazine rings is 1. The zero-order chi connectivity index (χ0) is 19.9. The molecule has 7 heteroatoms. The molecule has 0 unspecified atom stereocenters. The number of aryl methyl sites for hydroxylation is 1. The number of hydrogen-bond acceptors (Lipinski definition) is 4. The lowest BCUT2D eigenvalue weighted by atomic mass is 10.1. The minimum absolute atomic E-state index is 0.122. The van der Waals surface area contributed by atoms with Crippen molar-refractivity contribution in [1.29, 1.82) is 0 Å². The molecule has 0 bridgehead atoms. The van der Waals surface area contributed by atoms with Crippen LogP contribution in [-0.4, -0.2) is 54.6 Å². The van der Waals surface area contributed by atoms with Crippen LogP contribution in [-0.2, 0) is 11.3 Å². The first-order valence-electron chi connectivity index (χ1n) is 9.27. The quantitative estimate of drug-likeness (QED) is 0.575. The Kier molecular flexibility index (Phi) is 7.45. The summed E-state index contributed by atoms with van der Waals surface area (Å²) in [6.45, 7) is 7.04. The van der Waals surface area contributed by atoms with Crippen molar-refractivity contribution in [3.63, 3.8) is 0 Å². The van der Waals surface area contributed by atoms with Gasteiger partial charge in [0, 0.05) is 32.7 Å². The Morgan fingerprint density at radius 1 is 1.04 bits per heavy atom. The molecule has 0 aliphatic carbocycles. The molecule has 1 N–H and O–H groups in total. The topological polar surface area (TPSA) is 47.9 Å². The van der Waals surface area contributed by atoms with Crippen LogP contribution >= 0.6 is 23.2 Å². The highest BCUT2D eigenvalue weighted by atomic mass is 35.5. The summed E-state index contributed by atoms with van der Waals surface area (Å²) in [5.74, 6) is -0.122. The molecule has 5 nitrogen and oxygen atoms in total. The van der Waals surface area contributed by atoms with E-state index in [0.717, 1.165) is 38.3 Å². The van der Waals surface area contributed by atoms with Gasteiger partial charge in [-0.15, -0.1) is 0 Å².